The van der Waals surface area contributed by atoms with Crippen LogP contribution >= 0.6 is 15.9 Å². The summed E-state index contributed by atoms with van der Waals surface area (Å²) >= 11 is 3.49. The van der Waals surface area contributed by atoms with Crippen LogP contribution in [0.25, 0.3) is 10.9 Å². The molecule has 2 heterocycles. The van der Waals surface area contributed by atoms with Crippen LogP contribution in [0.4, 0.5) is 0 Å². The SMILES string of the molecule is C[C@H]1CNC[C@H](n2cc3ccc(Br)cc3n2)C1. The molecule has 0 radical (unpaired) electrons. The summed E-state index contributed by atoms with van der Waals surface area (Å²) in [5.41, 5.74) is 1.07. The van der Waals surface area contributed by atoms with Gasteiger partial charge in [-0.25, -0.2) is 0 Å². The summed E-state index contributed by atoms with van der Waals surface area (Å²) in [7, 11) is 0. The molecule has 0 bridgehead atoms. The summed E-state index contributed by atoms with van der Waals surface area (Å²) in [5, 5.41) is 9.36. The van der Waals surface area contributed by atoms with Gasteiger partial charge in [0.05, 0.1) is 11.6 Å². The smallest absolute Gasteiger partial charge is 0.0934 e. The van der Waals surface area contributed by atoms with Crippen LogP contribution in [0.2, 0.25) is 0 Å². The fourth-order valence-electron chi connectivity index (χ4n) is 2.52. The number of fused-ring (bicyclic) bond motifs is 1. The lowest BCUT2D eigenvalue weighted by molar-refractivity contribution is 0.286. The molecule has 1 N–H and O–H groups in total. The molecule has 1 fully saturated rings. The van der Waals surface area contributed by atoms with Crippen molar-refractivity contribution in [1.29, 1.82) is 0 Å². The predicted octanol–water partition coefficient (Wildman–Crippen LogP) is 2.97. The highest BCUT2D eigenvalue weighted by Crippen LogP contribution is 2.24. The van der Waals surface area contributed by atoms with Crippen molar-refractivity contribution in [2.75, 3.05) is 13.1 Å². The summed E-state index contributed by atoms with van der Waals surface area (Å²) in [6.45, 7) is 4.45. The lowest BCUT2D eigenvalue weighted by Gasteiger charge is -2.27. The van der Waals surface area contributed by atoms with Crippen molar-refractivity contribution in [3.63, 3.8) is 0 Å². The van der Waals surface area contributed by atoms with E-state index in [2.05, 4.69) is 62.3 Å². The van der Waals surface area contributed by atoms with Crippen molar-refractivity contribution in [3.05, 3.63) is 28.9 Å². The van der Waals surface area contributed by atoms with E-state index < -0.39 is 0 Å². The maximum Gasteiger partial charge on any atom is 0.0934 e. The van der Waals surface area contributed by atoms with Gasteiger partial charge in [-0.3, -0.25) is 4.68 Å². The Morgan fingerprint density at radius 1 is 1.41 bits per heavy atom. The van der Waals surface area contributed by atoms with Gasteiger partial charge in [-0.2, -0.15) is 5.10 Å². The van der Waals surface area contributed by atoms with E-state index in [1.165, 1.54) is 11.8 Å². The highest BCUT2D eigenvalue weighted by molar-refractivity contribution is 9.10. The third-order valence-electron chi connectivity index (χ3n) is 3.41. The van der Waals surface area contributed by atoms with Crippen LogP contribution in [-0.2, 0) is 0 Å². The summed E-state index contributed by atoms with van der Waals surface area (Å²) < 4.78 is 3.21. The second kappa shape index (κ2) is 4.42. The van der Waals surface area contributed by atoms with Gasteiger partial charge in [0.25, 0.3) is 0 Å². The monoisotopic (exact) mass is 293 g/mol. The van der Waals surface area contributed by atoms with E-state index in [9.17, 15) is 0 Å². The average Bonchev–Trinajstić information content (AvgIpc) is 2.72. The van der Waals surface area contributed by atoms with Crippen molar-refractivity contribution in [2.45, 2.75) is 19.4 Å². The van der Waals surface area contributed by atoms with E-state index in [0.29, 0.717) is 6.04 Å². The number of halogens is 1. The molecule has 0 spiro atoms. The molecule has 3 rings (SSSR count). The van der Waals surface area contributed by atoms with Crippen LogP contribution in [0.5, 0.6) is 0 Å². The van der Waals surface area contributed by atoms with Gasteiger partial charge in [0.15, 0.2) is 0 Å². The van der Waals surface area contributed by atoms with Crippen molar-refractivity contribution in [2.24, 2.45) is 5.92 Å². The molecular formula is C13H16BrN3. The second-order valence-electron chi connectivity index (χ2n) is 4.97. The zero-order valence-corrected chi connectivity index (χ0v) is 11.4. The first kappa shape index (κ1) is 11.2. The Bertz CT molecular complexity index is 534. The van der Waals surface area contributed by atoms with Gasteiger partial charge in [-0.1, -0.05) is 28.9 Å². The fraction of sp³-hybridized carbons (Fsp3) is 0.462. The zero-order valence-electron chi connectivity index (χ0n) is 9.86. The molecule has 1 aromatic heterocycles. The van der Waals surface area contributed by atoms with Crippen molar-refractivity contribution >= 4 is 26.8 Å². The molecule has 1 aromatic carbocycles. The third-order valence-corrected chi connectivity index (χ3v) is 3.90. The number of aromatic nitrogens is 2. The van der Waals surface area contributed by atoms with E-state index in [1.54, 1.807) is 0 Å². The molecule has 4 heteroatoms. The highest BCUT2D eigenvalue weighted by atomic mass is 79.9. The van der Waals surface area contributed by atoms with E-state index in [1.807, 2.05) is 0 Å². The van der Waals surface area contributed by atoms with Gasteiger partial charge in [0.2, 0.25) is 0 Å². The number of rotatable bonds is 1. The quantitative estimate of drug-likeness (QED) is 0.876. The number of piperidine rings is 1. The largest absolute Gasteiger partial charge is 0.314 e. The normalized spacial score (nSPS) is 25.3. The lowest BCUT2D eigenvalue weighted by Crippen LogP contribution is -2.36. The molecular weight excluding hydrogens is 278 g/mol. The van der Waals surface area contributed by atoms with Gasteiger partial charge in [0, 0.05) is 22.6 Å². The Morgan fingerprint density at radius 3 is 3.12 bits per heavy atom. The van der Waals surface area contributed by atoms with Crippen LogP contribution in [0.3, 0.4) is 0 Å². The minimum Gasteiger partial charge on any atom is -0.314 e. The van der Waals surface area contributed by atoms with Crippen LogP contribution in [0.15, 0.2) is 28.9 Å². The molecule has 0 amide bonds. The molecule has 0 saturated carbocycles. The Labute approximate surface area is 109 Å². The van der Waals surface area contributed by atoms with Gasteiger partial charge in [0.1, 0.15) is 0 Å². The molecule has 17 heavy (non-hydrogen) atoms. The first-order valence-corrected chi connectivity index (χ1v) is 6.87. The van der Waals surface area contributed by atoms with Crippen molar-refractivity contribution < 1.29 is 0 Å². The summed E-state index contributed by atoms with van der Waals surface area (Å²) in [5.74, 6) is 0.729. The van der Waals surface area contributed by atoms with E-state index in [-0.39, 0.29) is 0 Å². The Balaban J connectivity index is 1.94. The van der Waals surface area contributed by atoms with Crippen LogP contribution in [0.1, 0.15) is 19.4 Å². The van der Waals surface area contributed by atoms with Crippen LogP contribution in [0, 0.1) is 5.92 Å². The number of hydrogen-bond acceptors (Lipinski definition) is 2. The van der Waals surface area contributed by atoms with E-state index in [4.69, 9.17) is 0 Å². The van der Waals surface area contributed by atoms with Crippen molar-refractivity contribution in [3.8, 4) is 0 Å². The second-order valence-corrected chi connectivity index (χ2v) is 5.88. The molecule has 3 nitrogen and oxygen atoms in total. The average molecular weight is 294 g/mol. The van der Waals surface area contributed by atoms with Gasteiger partial charge >= 0.3 is 0 Å². The van der Waals surface area contributed by atoms with E-state index in [0.717, 1.165) is 29.0 Å². The predicted molar refractivity (Wildman–Crippen MR) is 73.1 cm³/mol. The number of hydrogen-bond donors (Lipinski definition) is 1. The van der Waals surface area contributed by atoms with Gasteiger partial charge in [-0.15, -0.1) is 0 Å². The van der Waals surface area contributed by atoms with E-state index >= 15 is 0 Å². The third kappa shape index (κ3) is 2.24. The molecule has 0 aliphatic carbocycles. The first-order valence-electron chi connectivity index (χ1n) is 6.07. The van der Waals surface area contributed by atoms with Crippen LogP contribution in [-0.4, -0.2) is 22.9 Å². The topological polar surface area (TPSA) is 29.9 Å². The molecule has 2 aromatic rings. The summed E-state index contributed by atoms with van der Waals surface area (Å²) in [4.78, 5) is 0. The highest BCUT2D eigenvalue weighted by Gasteiger charge is 2.20. The standard InChI is InChI=1S/C13H16BrN3/c1-9-4-12(7-15-6-9)17-8-10-2-3-11(14)5-13(10)16-17/h2-3,5,8-9,12,15H,4,6-7H2,1H3/t9-,12-/m1/s1. The number of nitrogens with zero attached hydrogens (tertiary/aromatic N) is 2. The molecule has 2 atom stereocenters. The minimum atomic E-state index is 0.491. The summed E-state index contributed by atoms with van der Waals surface area (Å²) in [6.07, 6.45) is 3.37. The number of benzene rings is 1. The Kier molecular flexibility index (Phi) is 2.92. The Hall–Kier alpha value is -0.870. The molecule has 90 valence electrons. The number of nitrogens with one attached hydrogen (secondary N) is 1. The Morgan fingerprint density at radius 2 is 2.29 bits per heavy atom. The van der Waals surface area contributed by atoms with Crippen molar-refractivity contribution in [1.82, 2.24) is 15.1 Å². The first-order chi connectivity index (χ1) is 8.22. The maximum atomic E-state index is 4.68. The van der Waals surface area contributed by atoms with Gasteiger partial charge in [-0.05, 0) is 31.0 Å². The molecule has 0 unspecified atom stereocenters. The maximum absolute atomic E-state index is 4.68. The van der Waals surface area contributed by atoms with Crippen LogP contribution < -0.4 is 5.32 Å². The fourth-order valence-corrected chi connectivity index (χ4v) is 2.87. The summed E-state index contributed by atoms with van der Waals surface area (Å²) in [6, 6.07) is 6.74. The molecule has 1 aliphatic heterocycles. The molecule has 1 saturated heterocycles. The zero-order chi connectivity index (χ0) is 11.8. The van der Waals surface area contributed by atoms with Gasteiger partial charge < -0.3 is 5.32 Å². The minimum absolute atomic E-state index is 0.491. The molecule has 1 aliphatic rings. The lowest BCUT2D eigenvalue weighted by atomic mass is 9.98.